The highest BCUT2D eigenvalue weighted by molar-refractivity contribution is 5.87. The molecule has 1 saturated heterocycles. The summed E-state index contributed by atoms with van der Waals surface area (Å²) in [4.78, 5) is 13.7. The van der Waals surface area contributed by atoms with Gasteiger partial charge in [0.15, 0.2) is 0 Å². The fourth-order valence-corrected chi connectivity index (χ4v) is 2.15. The van der Waals surface area contributed by atoms with Crippen molar-refractivity contribution < 1.29 is 9.53 Å². The number of hydrogen-bond donors (Lipinski definition) is 1. The zero-order chi connectivity index (χ0) is 14.0. The Bertz CT molecular complexity index is 465. The molecular formula is C15H22N2O2. The lowest BCUT2D eigenvalue weighted by Crippen LogP contribution is -2.31. The molecule has 0 radical (unpaired) electrons. The third kappa shape index (κ3) is 3.40. The quantitative estimate of drug-likeness (QED) is 0.910. The molecule has 4 nitrogen and oxygen atoms in total. The number of carbonyl (C=O) groups is 1. The van der Waals surface area contributed by atoms with Gasteiger partial charge in [0.2, 0.25) is 5.91 Å². The number of nitrogens with one attached hydrogen (secondary N) is 1. The van der Waals surface area contributed by atoms with Crippen LogP contribution in [0.1, 0.15) is 27.2 Å². The Morgan fingerprint density at radius 3 is 2.58 bits per heavy atom. The van der Waals surface area contributed by atoms with Crippen molar-refractivity contribution >= 4 is 11.6 Å². The summed E-state index contributed by atoms with van der Waals surface area (Å²) in [5, 5.41) is 3.30. The van der Waals surface area contributed by atoms with Crippen LogP contribution in [0.25, 0.3) is 0 Å². The van der Waals surface area contributed by atoms with Crippen LogP contribution in [0.2, 0.25) is 0 Å². The summed E-state index contributed by atoms with van der Waals surface area (Å²) in [5.41, 5.74) is 0.625. The predicted octanol–water partition coefficient (Wildman–Crippen LogP) is 2.51. The molecule has 0 bridgehead atoms. The van der Waals surface area contributed by atoms with Crippen LogP contribution in [0.5, 0.6) is 5.75 Å². The molecule has 0 aromatic heterocycles. The molecule has 1 heterocycles. The second-order valence-corrected chi connectivity index (χ2v) is 5.96. The minimum Gasteiger partial charge on any atom is -0.486 e. The van der Waals surface area contributed by atoms with E-state index >= 15 is 0 Å². The normalized spacial score (nSPS) is 19.7. The maximum Gasteiger partial charge on any atom is 0.244 e. The maximum atomic E-state index is 11.9. The lowest BCUT2D eigenvalue weighted by molar-refractivity contribution is -0.127. The van der Waals surface area contributed by atoms with E-state index in [2.05, 4.69) is 5.32 Å². The smallest absolute Gasteiger partial charge is 0.244 e. The van der Waals surface area contributed by atoms with Crippen molar-refractivity contribution in [1.82, 2.24) is 4.90 Å². The summed E-state index contributed by atoms with van der Waals surface area (Å²) in [6.45, 7) is 6.84. The molecule has 2 rings (SSSR count). The highest BCUT2D eigenvalue weighted by atomic mass is 16.5. The molecule has 1 fully saturated rings. The highest BCUT2D eigenvalue weighted by Gasteiger charge is 2.29. The molecule has 4 heteroatoms. The lowest BCUT2D eigenvalue weighted by atomic mass is 10.1. The molecule has 104 valence electrons. The van der Waals surface area contributed by atoms with Crippen molar-refractivity contribution in [1.29, 1.82) is 0 Å². The van der Waals surface area contributed by atoms with E-state index in [0.29, 0.717) is 0 Å². The summed E-state index contributed by atoms with van der Waals surface area (Å²) in [7, 11) is 1.83. The van der Waals surface area contributed by atoms with E-state index in [1.807, 2.05) is 52.1 Å². The van der Waals surface area contributed by atoms with Gasteiger partial charge in [-0.2, -0.15) is 0 Å². The van der Waals surface area contributed by atoms with Crippen LogP contribution in [0.15, 0.2) is 24.3 Å². The number of ether oxygens (including phenoxy) is 1. The number of para-hydroxylation sites is 2. The standard InChI is InChI=1S/C15H22N2O2/c1-15(2,3)19-13-8-6-5-7-11(13)16-12-9-10-17(4)14(12)18/h5-8,12,16H,9-10H2,1-4H3. The summed E-state index contributed by atoms with van der Waals surface area (Å²) in [5.74, 6) is 0.933. The Hall–Kier alpha value is -1.71. The van der Waals surface area contributed by atoms with Gasteiger partial charge in [0, 0.05) is 13.6 Å². The van der Waals surface area contributed by atoms with Crippen LogP contribution < -0.4 is 10.1 Å². The molecule has 1 atom stereocenters. The van der Waals surface area contributed by atoms with E-state index in [-0.39, 0.29) is 17.6 Å². The van der Waals surface area contributed by atoms with Crippen molar-refractivity contribution in [3.8, 4) is 5.75 Å². The van der Waals surface area contributed by atoms with Crippen LogP contribution in [0.4, 0.5) is 5.69 Å². The van der Waals surface area contributed by atoms with Gasteiger partial charge in [-0.25, -0.2) is 0 Å². The molecule has 1 amide bonds. The second kappa shape index (κ2) is 5.11. The third-order valence-corrected chi connectivity index (χ3v) is 3.06. The molecular weight excluding hydrogens is 240 g/mol. The van der Waals surface area contributed by atoms with Crippen LogP contribution in [-0.2, 0) is 4.79 Å². The van der Waals surface area contributed by atoms with Gasteiger partial charge in [0.05, 0.1) is 5.69 Å². The molecule has 1 N–H and O–H groups in total. The van der Waals surface area contributed by atoms with Gasteiger partial charge in [0.25, 0.3) is 0 Å². The molecule has 0 spiro atoms. The van der Waals surface area contributed by atoms with E-state index < -0.39 is 0 Å². The van der Waals surface area contributed by atoms with Gasteiger partial charge in [-0.3, -0.25) is 4.79 Å². The number of likely N-dealkylation sites (N-methyl/N-ethyl adjacent to an activating group) is 1. The number of likely N-dealkylation sites (tertiary alicyclic amines) is 1. The fourth-order valence-electron chi connectivity index (χ4n) is 2.15. The summed E-state index contributed by atoms with van der Waals surface area (Å²) in [6.07, 6.45) is 0.833. The van der Waals surface area contributed by atoms with Gasteiger partial charge in [-0.1, -0.05) is 12.1 Å². The van der Waals surface area contributed by atoms with Crippen molar-refractivity contribution in [2.24, 2.45) is 0 Å². The zero-order valence-corrected chi connectivity index (χ0v) is 12.1. The van der Waals surface area contributed by atoms with E-state index in [1.54, 1.807) is 4.90 Å². The molecule has 1 unspecified atom stereocenters. The van der Waals surface area contributed by atoms with Crippen molar-refractivity contribution in [2.45, 2.75) is 38.8 Å². The molecule has 1 aromatic carbocycles. The van der Waals surface area contributed by atoms with Gasteiger partial charge in [0.1, 0.15) is 17.4 Å². The number of amides is 1. The molecule has 1 aromatic rings. The SMILES string of the molecule is CN1CCC(Nc2ccccc2OC(C)(C)C)C1=O. The predicted molar refractivity (Wildman–Crippen MR) is 76.5 cm³/mol. The third-order valence-electron chi connectivity index (χ3n) is 3.06. The highest BCUT2D eigenvalue weighted by Crippen LogP contribution is 2.29. The number of benzene rings is 1. The summed E-state index contributed by atoms with van der Waals surface area (Å²) >= 11 is 0. The Kier molecular flexibility index (Phi) is 3.69. The van der Waals surface area contributed by atoms with Crippen molar-refractivity contribution in [3.05, 3.63) is 24.3 Å². The molecule has 1 aliphatic rings. The lowest BCUT2D eigenvalue weighted by Gasteiger charge is -2.24. The zero-order valence-electron chi connectivity index (χ0n) is 12.1. The van der Waals surface area contributed by atoms with Gasteiger partial charge in [-0.05, 0) is 39.3 Å². The van der Waals surface area contributed by atoms with Crippen LogP contribution >= 0.6 is 0 Å². The average molecular weight is 262 g/mol. The minimum atomic E-state index is -0.256. The average Bonchev–Trinajstić information content (AvgIpc) is 2.62. The first-order valence-corrected chi connectivity index (χ1v) is 6.66. The van der Waals surface area contributed by atoms with E-state index in [9.17, 15) is 4.79 Å². The molecule has 1 aliphatic heterocycles. The first-order chi connectivity index (χ1) is 8.87. The summed E-state index contributed by atoms with van der Waals surface area (Å²) < 4.78 is 5.92. The number of carbonyl (C=O) groups excluding carboxylic acids is 1. The first-order valence-electron chi connectivity index (χ1n) is 6.66. The monoisotopic (exact) mass is 262 g/mol. The molecule has 19 heavy (non-hydrogen) atoms. The minimum absolute atomic E-state index is 0.144. The van der Waals surface area contributed by atoms with Crippen LogP contribution in [0.3, 0.4) is 0 Å². The van der Waals surface area contributed by atoms with E-state index in [1.165, 1.54) is 0 Å². The van der Waals surface area contributed by atoms with Gasteiger partial charge < -0.3 is 15.0 Å². The Balaban J connectivity index is 2.14. The number of nitrogens with zero attached hydrogens (tertiary/aromatic N) is 1. The van der Waals surface area contributed by atoms with Gasteiger partial charge in [-0.15, -0.1) is 0 Å². The first kappa shape index (κ1) is 13.7. The number of hydrogen-bond acceptors (Lipinski definition) is 3. The number of anilines is 1. The van der Waals surface area contributed by atoms with Crippen LogP contribution in [-0.4, -0.2) is 36.0 Å². The topological polar surface area (TPSA) is 41.6 Å². The van der Waals surface area contributed by atoms with Crippen molar-refractivity contribution in [3.63, 3.8) is 0 Å². The van der Waals surface area contributed by atoms with Gasteiger partial charge >= 0.3 is 0 Å². The Morgan fingerprint density at radius 1 is 1.32 bits per heavy atom. The number of rotatable bonds is 3. The summed E-state index contributed by atoms with van der Waals surface area (Å²) in [6, 6.07) is 7.62. The fraction of sp³-hybridized carbons (Fsp3) is 0.533. The van der Waals surface area contributed by atoms with E-state index in [0.717, 1.165) is 24.4 Å². The second-order valence-electron chi connectivity index (χ2n) is 5.96. The largest absolute Gasteiger partial charge is 0.486 e. The van der Waals surface area contributed by atoms with Crippen LogP contribution in [0, 0.1) is 0 Å². The maximum absolute atomic E-state index is 11.9. The Morgan fingerprint density at radius 2 is 2.00 bits per heavy atom. The Labute approximate surface area is 114 Å². The van der Waals surface area contributed by atoms with E-state index in [4.69, 9.17) is 4.74 Å². The molecule has 0 aliphatic carbocycles. The van der Waals surface area contributed by atoms with Crippen molar-refractivity contribution in [2.75, 3.05) is 18.9 Å². The molecule has 0 saturated carbocycles.